The number of hydrogen-bond acceptors (Lipinski definition) is 4. The fourth-order valence-electron chi connectivity index (χ4n) is 2.98. The molecule has 1 rings (SSSR count). The third kappa shape index (κ3) is 7.28. The average Bonchev–Trinajstić information content (AvgIpc) is 2.51. The molecule has 0 aromatic carbocycles. The molecule has 0 aromatic heterocycles. The molecule has 3 unspecified atom stereocenters. The number of nitrogens with one attached hydrogen (secondary N) is 1. The Labute approximate surface area is 130 Å². The lowest BCUT2D eigenvalue weighted by molar-refractivity contribution is -0.146. The van der Waals surface area contributed by atoms with Crippen LogP contribution in [-0.4, -0.2) is 37.9 Å². The maximum Gasteiger partial charge on any atom is 0.323 e. The minimum atomic E-state index is -0.226. The normalized spacial score (nSPS) is 23.8. The van der Waals surface area contributed by atoms with Crippen molar-refractivity contribution in [2.24, 2.45) is 5.92 Å². The van der Waals surface area contributed by atoms with Gasteiger partial charge in [-0.15, -0.1) is 0 Å². The lowest BCUT2D eigenvalue weighted by Gasteiger charge is -2.29. The lowest BCUT2D eigenvalue weighted by atomic mass is 9.85. The molecule has 0 spiro atoms. The number of ether oxygens (including phenoxy) is 2. The molecule has 0 bridgehead atoms. The first kappa shape index (κ1) is 18.4. The second-order valence-electron chi connectivity index (χ2n) is 5.98. The van der Waals surface area contributed by atoms with Crippen LogP contribution in [0.2, 0.25) is 0 Å². The van der Waals surface area contributed by atoms with Crippen LogP contribution in [0.4, 0.5) is 0 Å². The van der Waals surface area contributed by atoms with Gasteiger partial charge >= 0.3 is 5.97 Å². The Balaban J connectivity index is 2.29. The molecule has 3 atom stereocenters. The molecule has 1 N–H and O–H groups in total. The molecule has 0 heterocycles. The summed E-state index contributed by atoms with van der Waals surface area (Å²) in [6.07, 6.45) is 8.33. The van der Waals surface area contributed by atoms with E-state index >= 15 is 0 Å². The first-order valence-electron chi connectivity index (χ1n) is 8.72. The van der Waals surface area contributed by atoms with Gasteiger partial charge in [-0.1, -0.05) is 33.1 Å². The Morgan fingerprint density at radius 2 is 2.10 bits per heavy atom. The highest BCUT2D eigenvalue weighted by Gasteiger charge is 2.23. The van der Waals surface area contributed by atoms with Crippen molar-refractivity contribution in [1.82, 2.24) is 5.32 Å². The predicted octanol–water partition coefficient (Wildman–Crippen LogP) is 3.29. The van der Waals surface area contributed by atoms with E-state index < -0.39 is 0 Å². The van der Waals surface area contributed by atoms with Crippen molar-refractivity contribution in [2.45, 2.75) is 77.9 Å². The fraction of sp³-hybridized carbons (Fsp3) is 0.941. The van der Waals surface area contributed by atoms with Crippen LogP contribution < -0.4 is 5.32 Å². The molecule has 124 valence electrons. The predicted molar refractivity (Wildman–Crippen MR) is 85.3 cm³/mol. The van der Waals surface area contributed by atoms with Crippen molar-refractivity contribution < 1.29 is 14.3 Å². The van der Waals surface area contributed by atoms with Crippen LogP contribution in [0, 0.1) is 5.92 Å². The van der Waals surface area contributed by atoms with Crippen molar-refractivity contribution in [3.05, 3.63) is 0 Å². The van der Waals surface area contributed by atoms with Crippen molar-refractivity contribution >= 4 is 5.97 Å². The highest BCUT2D eigenvalue weighted by Crippen LogP contribution is 2.28. The molecule has 0 amide bonds. The van der Waals surface area contributed by atoms with Crippen LogP contribution >= 0.6 is 0 Å². The van der Waals surface area contributed by atoms with E-state index in [1.54, 1.807) is 0 Å². The second kappa shape index (κ2) is 11.0. The number of carbonyl (C=O) groups is 1. The van der Waals surface area contributed by atoms with E-state index in [1.807, 2.05) is 6.92 Å². The van der Waals surface area contributed by atoms with E-state index in [9.17, 15) is 4.79 Å². The Bertz CT molecular complexity index is 283. The maximum atomic E-state index is 11.9. The summed E-state index contributed by atoms with van der Waals surface area (Å²) in [5.41, 5.74) is 0. The van der Waals surface area contributed by atoms with Crippen molar-refractivity contribution in [3.8, 4) is 0 Å². The molecule has 1 aliphatic rings. The van der Waals surface area contributed by atoms with Crippen molar-refractivity contribution in [1.29, 1.82) is 0 Å². The minimum absolute atomic E-state index is 0.148. The Morgan fingerprint density at radius 3 is 2.76 bits per heavy atom. The molecule has 0 aliphatic heterocycles. The summed E-state index contributed by atoms with van der Waals surface area (Å²) in [4.78, 5) is 11.9. The minimum Gasteiger partial charge on any atom is -0.465 e. The average molecular weight is 299 g/mol. The summed E-state index contributed by atoms with van der Waals surface area (Å²) in [5.74, 6) is 0.674. The first-order chi connectivity index (χ1) is 10.2. The summed E-state index contributed by atoms with van der Waals surface area (Å²) >= 11 is 0. The summed E-state index contributed by atoms with van der Waals surface area (Å²) < 4.78 is 11.1. The van der Waals surface area contributed by atoms with E-state index in [0.717, 1.165) is 18.9 Å². The van der Waals surface area contributed by atoms with E-state index in [-0.39, 0.29) is 12.0 Å². The zero-order chi connectivity index (χ0) is 15.5. The lowest BCUT2D eigenvalue weighted by Crippen LogP contribution is -2.39. The van der Waals surface area contributed by atoms with Gasteiger partial charge < -0.3 is 14.8 Å². The van der Waals surface area contributed by atoms with Crippen LogP contribution in [-0.2, 0) is 14.3 Å². The topological polar surface area (TPSA) is 47.6 Å². The van der Waals surface area contributed by atoms with Gasteiger partial charge in [0.25, 0.3) is 0 Å². The van der Waals surface area contributed by atoms with E-state index in [0.29, 0.717) is 25.7 Å². The zero-order valence-corrected chi connectivity index (χ0v) is 14.0. The third-order valence-electron chi connectivity index (χ3n) is 4.28. The monoisotopic (exact) mass is 299 g/mol. The molecule has 1 fully saturated rings. The molecule has 1 aliphatic carbocycles. The van der Waals surface area contributed by atoms with Crippen molar-refractivity contribution in [2.75, 3.05) is 19.8 Å². The molecule has 4 heteroatoms. The molecule has 0 aromatic rings. The van der Waals surface area contributed by atoms with Crippen molar-refractivity contribution in [3.63, 3.8) is 0 Å². The molecule has 0 radical (unpaired) electrons. The van der Waals surface area contributed by atoms with E-state index in [4.69, 9.17) is 9.47 Å². The maximum absolute atomic E-state index is 11.9. The molecular weight excluding hydrogens is 266 g/mol. The molecular formula is C17H33NO3. The van der Waals surface area contributed by atoms with Crippen LogP contribution in [0.15, 0.2) is 0 Å². The van der Waals surface area contributed by atoms with E-state index in [2.05, 4.69) is 19.2 Å². The van der Waals surface area contributed by atoms with Crippen LogP contribution in [0.5, 0.6) is 0 Å². The van der Waals surface area contributed by atoms with Crippen LogP contribution in [0.3, 0.4) is 0 Å². The number of carbonyl (C=O) groups excluding carboxylic acids is 1. The zero-order valence-electron chi connectivity index (χ0n) is 14.0. The Hall–Kier alpha value is -0.610. The summed E-state index contributed by atoms with van der Waals surface area (Å²) in [5, 5.41) is 3.26. The van der Waals surface area contributed by atoms with Gasteiger partial charge in [0.1, 0.15) is 6.04 Å². The van der Waals surface area contributed by atoms with Gasteiger partial charge in [0, 0.05) is 6.61 Å². The first-order valence-corrected chi connectivity index (χ1v) is 8.72. The summed E-state index contributed by atoms with van der Waals surface area (Å²) in [7, 11) is 0. The standard InChI is InChI=1S/C17H33NO3/c1-4-11-18-16(17(19)20-6-3)10-12-21-15-9-7-8-14(5-2)13-15/h14-16,18H,4-13H2,1-3H3. The van der Waals surface area contributed by atoms with Gasteiger partial charge in [0.2, 0.25) is 0 Å². The Kier molecular flexibility index (Phi) is 9.68. The third-order valence-corrected chi connectivity index (χ3v) is 4.28. The highest BCUT2D eigenvalue weighted by atomic mass is 16.5. The number of esters is 1. The second-order valence-corrected chi connectivity index (χ2v) is 5.98. The van der Waals surface area contributed by atoms with E-state index in [1.165, 1.54) is 32.1 Å². The largest absolute Gasteiger partial charge is 0.465 e. The van der Waals surface area contributed by atoms with Gasteiger partial charge in [0.15, 0.2) is 0 Å². The SMILES string of the molecule is CCCNC(CCOC1CCCC(CC)C1)C(=O)OCC. The molecule has 4 nitrogen and oxygen atoms in total. The quantitative estimate of drug-likeness (QED) is 0.629. The van der Waals surface area contributed by atoms with Crippen LogP contribution in [0.1, 0.15) is 65.7 Å². The molecule has 21 heavy (non-hydrogen) atoms. The summed E-state index contributed by atoms with van der Waals surface area (Å²) in [6.45, 7) is 8.12. The van der Waals surface area contributed by atoms with Gasteiger partial charge in [-0.3, -0.25) is 4.79 Å². The summed E-state index contributed by atoms with van der Waals surface area (Å²) in [6, 6.07) is -0.226. The Morgan fingerprint density at radius 1 is 1.29 bits per heavy atom. The highest BCUT2D eigenvalue weighted by molar-refractivity contribution is 5.75. The van der Waals surface area contributed by atoms with Crippen LogP contribution in [0.25, 0.3) is 0 Å². The molecule has 0 saturated heterocycles. The van der Waals surface area contributed by atoms with Gasteiger partial charge in [-0.05, 0) is 45.1 Å². The molecule has 1 saturated carbocycles. The van der Waals surface area contributed by atoms with Gasteiger partial charge in [0.05, 0.1) is 12.7 Å². The van der Waals surface area contributed by atoms with Gasteiger partial charge in [-0.25, -0.2) is 0 Å². The number of hydrogen-bond donors (Lipinski definition) is 1. The smallest absolute Gasteiger partial charge is 0.323 e. The fourth-order valence-corrected chi connectivity index (χ4v) is 2.98. The number of rotatable bonds is 10. The van der Waals surface area contributed by atoms with Gasteiger partial charge in [-0.2, -0.15) is 0 Å².